The summed E-state index contributed by atoms with van der Waals surface area (Å²) < 4.78 is 0. The van der Waals surface area contributed by atoms with Crippen LogP contribution in [0.4, 0.5) is 0 Å². The molecule has 2 rings (SSSR count). The Morgan fingerprint density at radius 3 is 2.90 bits per heavy atom. The quantitative estimate of drug-likeness (QED) is 0.663. The Morgan fingerprint density at radius 2 is 2.20 bits per heavy atom. The molecule has 0 radical (unpaired) electrons. The van der Waals surface area contributed by atoms with E-state index < -0.39 is 0 Å². The fourth-order valence-corrected chi connectivity index (χ4v) is 2.42. The Morgan fingerprint density at radius 1 is 1.40 bits per heavy atom. The molecule has 1 aromatic rings. The minimum absolute atomic E-state index is 0.0286. The molecule has 2 atom stereocenters. The van der Waals surface area contributed by atoms with Crippen molar-refractivity contribution < 1.29 is 9.90 Å². The minimum atomic E-state index is -0.200. The number of rotatable bonds is 4. The largest absolute Gasteiger partial charge is 0.396 e. The maximum atomic E-state index is 11.8. The molecule has 0 saturated carbocycles. The summed E-state index contributed by atoms with van der Waals surface area (Å²) in [5, 5.41) is 13.0. The van der Waals surface area contributed by atoms with Gasteiger partial charge in [0.2, 0.25) is 5.91 Å². The molecular weight excluding hydrogens is 297 g/mol. The van der Waals surface area contributed by atoms with E-state index in [1.165, 1.54) is 6.08 Å². The van der Waals surface area contributed by atoms with Crippen molar-refractivity contribution in [3.05, 3.63) is 52.0 Å². The number of carbonyl (C=O) groups excluding carboxylic acids is 1. The van der Waals surface area contributed by atoms with E-state index in [9.17, 15) is 4.79 Å². The fraction of sp³-hybridized carbons (Fsp3) is 0.267. The number of carbonyl (C=O) groups is 1. The molecule has 1 aliphatic rings. The van der Waals surface area contributed by atoms with Crippen molar-refractivity contribution in [2.45, 2.75) is 12.5 Å². The summed E-state index contributed by atoms with van der Waals surface area (Å²) in [7, 11) is 0. The van der Waals surface area contributed by atoms with Gasteiger partial charge in [0.05, 0.1) is 0 Å². The highest BCUT2D eigenvalue weighted by molar-refractivity contribution is 6.34. The highest BCUT2D eigenvalue weighted by Crippen LogP contribution is 2.22. The second kappa shape index (κ2) is 6.93. The van der Waals surface area contributed by atoms with Crippen LogP contribution >= 0.6 is 23.2 Å². The first-order valence-corrected chi connectivity index (χ1v) is 7.07. The van der Waals surface area contributed by atoms with Crippen molar-refractivity contribution in [1.82, 2.24) is 5.32 Å². The van der Waals surface area contributed by atoms with Crippen LogP contribution in [0.15, 0.2) is 36.4 Å². The van der Waals surface area contributed by atoms with E-state index in [1.54, 1.807) is 24.3 Å². The lowest BCUT2D eigenvalue weighted by molar-refractivity contribution is -0.116. The molecule has 1 aliphatic carbocycles. The summed E-state index contributed by atoms with van der Waals surface area (Å²) in [4.78, 5) is 11.8. The van der Waals surface area contributed by atoms with E-state index in [0.717, 1.165) is 6.42 Å². The maximum absolute atomic E-state index is 11.8. The van der Waals surface area contributed by atoms with E-state index in [1.807, 2.05) is 12.2 Å². The van der Waals surface area contributed by atoms with Gasteiger partial charge in [-0.05, 0) is 36.3 Å². The van der Waals surface area contributed by atoms with Crippen LogP contribution in [0.1, 0.15) is 12.0 Å². The summed E-state index contributed by atoms with van der Waals surface area (Å²) >= 11 is 11.9. The highest BCUT2D eigenvalue weighted by atomic mass is 35.5. The molecule has 0 saturated heterocycles. The van der Waals surface area contributed by atoms with Crippen LogP contribution in [0.5, 0.6) is 0 Å². The Hall–Kier alpha value is -1.29. The zero-order chi connectivity index (χ0) is 14.5. The van der Waals surface area contributed by atoms with Crippen molar-refractivity contribution >= 4 is 35.2 Å². The van der Waals surface area contributed by atoms with Crippen LogP contribution in [-0.2, 0) is 4.79 Å². The SMILES string of the molecule is O=C(/C=C/c1cc(Cl)ccc1Cl)N[C@@H]1C=C[C@H](CO)C1. The number of halogens is 2. The third kappa shape index (κ3) is 4.10. The molecule has 1 amide bonds. The van der Waals surface area contributed by atoms with Crippen LogP contribution in [0.3, 0.4) is 0 Å². The Balaban J connectivity index is 1.93. The minimum Gasteiger partial charge on any atom is -0.396 e. The third-order valence-corrected chi connectivity index (χ3v) is 3.69. The zero-order valence-corrected chi connectivity index (χ0v) is 12.2. The number of benzene rings is 1. The molecule has 0 heterocycles. The molecule has 0 spiro atoms. The zero-order valence-electron chi connectivity index (χ0n) is 10.7. The molecule has 1 aromatic carbocycles. The Kier molecular flexibility index (Phi) is 5.24. The van der Waals surface area contributed by atoms with Crippen LogP contribution < -0.4 is 5.32 Å². The van der Waals surface area contributed by atoms with Crippen LogP contribution in [0, 0.1) is 5.92 Å². The number of aliphatic hydroxyl groups is 1. The first-order valence-electron chi connectivity index (χ1n) is 6.31. The molecule has 0 fully saturated rings. The van der Waals surface area contributed by atoms with Gasteiger partial charge in [0, 0.05) is 34.7 Å². The van der Waals surface area contributed by atoms with Gasteiger partial charge in [0.25, 0.3) is 0 Å². The molecule has 0 bridgehead atoms. The van der Waals surface area contributed by atoms with E-state index in [0.29, 0.717) is 15.6 Å². The van der Waals surface area contributed by atoms with Gasteiger partial charge in [-0.1, -0.05) is 35.4 Å². The first-order chi connectivity index (χ1) is 9.58. The van der Waals surface area contributed by atoms with Gasteiger partial charge in [-0.2, -0.15) is 0 Å². The predicted octanol–water partition coefficient (Wildman–Crippen LogP) is 3.06. The average Bonchev–Trinajstić information content (AvgIpc) is 2.87. The van der Waals surface area contributed by atoms with Gasteiger partial charge >= 0.3 is 0 Å². The van der Waals surface area contributed by atoms with Crippen molar-refractivity contribution in [2.24, 2.45) is 5.92 Å². The number of hydrogen-bond donors (Lipinski definition) is 2. The second-order valence-corrected chi connectivity index (χ2v) is 5.52. The van der Waals surface area contributed by atoms with E-state index >= 15 is 0 Å². The van der Waals surface area contributed by atoms with Crippen molar-refractivity contribution in [2.75, 3.05) is 6.61 Å². The van der Waals surface area contributed by atoms with Crippen molar-refractivity contribution in [3.63, 3.8) is 0 Å². The van der Waals surface area contributed by atoms with Crippen LogP contribution in [0.25, 0.3) is 6.08 Å². The number of nitrogens with one attached hydrogen (secondary N) is 1. The summed E-state index contributed by atoms with van der Waals surface area (Å²) in [5.74, 6) is -0.0686. The molecule has 0 aromatic heterocycles. The summed E-state index contributed by atoms with van der Waals surface area (Å²) in [6.07, 6.45) is 7.61. The first kappa shape index (κ1) is 15.1. The lowest BCUT2D eigenvalue weighted by Gasteiger charge is -2.10. The second-order valence-electron chi connectivity index (χ2n) is 4.68. The lowest BCUT2D eigenvalue weighted by atomic mass is 10.1. The lowest BCUT2D eigenvalue weighted by Crippen LogP contribution is -2.31. The fourth-order valence-electron chi connectivity index (χ4n) is 2.06. The molecule has 106 valence electrons. The number of aliphatic hydroxyl groups excluding tert-OH is 1. The van der Waals surface area contributed by atoms with Crippen LogP contribution in [-0.4, -0.2) is 23.7 Å². The molecular formula is C15H15Cl2NO2. The van der Waals surface area contributed by atoms with E-state index in [2.05, 4.69) is 5.32 Å². The molecule has 2 N–H and O–H groups in total. The summed E-state index contributed by atoms with van der Waals surface area (Å²) in [6.45, 7) is 0.108. The Bertz CT molecular complexity index is 555. The Labute approximate surface area is 127 Å². The van der Waals surface area contributed by atoms with Gasteiger partial charge in [-0.3, -0.25) is 4.79 Å². The van der Waals surface area contributed by atoms with Crippen molar-refractivity contribution in [3.8, 4) is 0 Å². The standard InChI is InChI=1S/C15H15Cl2NO2/c16-12-3-5-14(17)11(8-12)2-6-15(20)18-13-4-1-10(7-13)9-19/h1-6,8,10,13,19H,7,9H2,(H,18,20)/b6-2+/t10-,13+/m0/s1. The third-order valence-electron chi connectivity index (χ3n) is 3.11. The summed E-state index contributed by atoms with van der Waals surface area (Å²) in [6, 6.07) is 5.05. The maximum Gasteiger partial charge on any atom is 0.244 e. The van der Waals surface area contributed by atoms with E-state index in [-0.39, 0.29) is 24.5 Å². The molecule has 0 unspecified atom stereocenters. The molecule has 5 heteroatoms. The molecule has 20 heavy (non-hydrogen) atoms. The highest BCUT2D eigenvalue weighted by Gasteiger charge is 2.18. The number of amides is 1. The average molecular weight is 312 g/mol. The van der Waals surface area contributed by atoms with Crippen molar-refractivity contribution in [1.29, 1.82) is 0 Å². The van der Waals surface area contributed by atoms with Gasteiger partial charge in [0.1, 0.15) is 0 Å². The van der Waals surface area contributed by atoms with Gasteiger partial charge < -0.3 is 10.4 Å². The van der Waals surface area contributed by atoms with E-state index in [4.69, 9.17) is 28.3 Å². The molecule has 3 nitrogen and oxygen atoms in total. The normalized spacial score (nSPS) is 21.6. The number of hydrogen-bond acceptors (Lipinski definition) is 2. The smallest absolute Gasteiger partial charge is 0.244 e. The van der Waals surface area contributed by atoms with Gasteiger partial charge in [-0.25, -0.2) is 0 Å². The monoisotopic (exact) mass is 311 g/mol. The van der Waals surface area contributed by atoms with Gasteiger partial charge in [0.15, 0.2) is 0 Å². The molecule has 0 aliphatic heterocycles. The predicted molar refractivity (Wildman–Crippen MR) is 81.8 cm³/mol. The van der Waals surface area contributed by atoms with Crippen LogP contribution in [0.2, 0.25) is 10.0 Å². The summed E-state index contributed by atoms with van der Waals surface area (Å²) in [5.41, 5.74) is 0.699. The van der Waals surface area contributed by atoms with Gasteiger partial charge in [-0.15, -0.1) is 0 Å². The topological polar surface area (TPSA) is 49.3 Å².